The number of amides is 1. The van der Waals surface area contributed by atoms with E-state index in [0.29, 0.717) is 6.04 Å². The highest BCUT2D eigenvalue weighted by Crippen LogP contribution is 2.32. The summed E-state index contributed by atoms with van der Waals surface area (Å²) < 4.78 is 7.56. The second-order valence-electron chi connectivity index (χ2n) is 7.25. The Morgan fingerprint density at radius 3 is 3.00 bits per heavy atom. The van der Waals surface area contributed by atoms with Crippen LogP contribution < -0.4 is 15.5 Å². The van der Waals surface area contributed by atoms with Gasteiger partial charge >= 0.3 is 0 Å². The van der Waals surface area contributed by atoms with E-state index in [1.807, 2.05) is 12.1 Å². The molecule has 6 heteroatoms. The first-order chi connectivity index (χ1) is 14.2. The van der Waals surface area contributed by atoms with Gasteiger partial charge in [0, 0.05) is 42.3 Å². The molecule has 1 amide bonds. The standard InChI is InChI=1S/C23H25N3O3/c1-29-19-5-8-22-18(15-19)10-12-26(22)13-11-24-21-7-4-17-14-16(2-6-20(17)21)3-9-23(27)25-28/h2-3,5-6,8-10,12,14-15,21,24,28H,4,7,11,13H2,1H3,(H,25,27)/b9-3+. The fourth-order valence-electron chi connectivity index (χ4n) is 4.02. The van der Waals surface area contributed by atoms with Crippen LogP contribution in [0.3, 0.4) is 0 Å². The predicted molar refractivity (Wildman–Crippen MR) is 113 cm³/mol. The first-order valence-corrected chi connectivity index (χ1v) is 9.79. The fraction of sp³-hybridized carbons (Fsp3) is 0.261. The molecule has 3 N–H and O–H groups in total. The number of benzene rings is 2. The molecule has 4 rings (SSSR count). The molecule has 2 aromatic carbocycles. The lowest BCUT2D eigenvalue weighted by atomic mass is 10.0. The summed E-state index contributed by atoms with van der Waals surface area (Å²) in [7, 11) is 1.69. The van der Waals surface area contributed by atoms with E-state index >= 15 is 0 Å². The van der Waals surface area contributed by atoms with Crippen molar-refractivity contribution >= 4 is 22.9 Å². The normalized spacial score (nSPS) is 15.7. The molecule has 0 bridgehead atoms. The van der Waals surface area contributed by atoms with Crippen LogP contribution in [0.5, 0.6) is 5.75 Å². The van der Waals surface area contributed by atoms with Gasteiger partial charge in [-0.05, 0) is 59.9 Å². The van der Waals surface area contributed by atoms with Crippen molar-refractivity contribution in [3.63, 3.8) is 0 Å². The lowest BCUT2D eigenvalue weighted by molar-refractivity contribution is -0.124. The molecule has 0 spiro atoms. The van der Waals surface area contributed by atoms with E-state index in [-0.39, 0.29) is 0 Å². The molecule has 0 aliphatic heterocycles. The second-order valence-corrected chi connectivity index (χ2v) is 7.25. The second kappa shape index (κ2) is 8.51. The van der Waals surface area contributed by atoms with Crippen LogP contribution in [0.1, 0.15) is 29.2 Å². The highest BCUT2D eigenvalue weighted by Gasteiger charge is 2.21. The Labute approximate surface area is 169 Å². The summed E-state index contributed by atoms with van der Waals surface area (Å²) in [5, 5.41) is 13.4. The molecule has 0 saturated heterocycles. The largest absolute Gasteiger partial charge is 0.497 e. The Morgan fingerprint density at radius 1 is 1.28 bits per heavy atom. The number of hydrogen-bond acceptors (Lipinski definition) is 4. The first-order valence-electron chi connectivity index (χ1n) is 9.79. The Hall–Kier alpha value is -3.09. The van der Waals surface area contributed by atoms with Gasteiger partial charge in [-0.15, -0.1) is 0 Å². The number of carbonyl (C=O) groups is 1. The van der Waals surface area contributed by atoms with Crippen LogP contribution in [0.4, 0.5) is 0 Å². The number of aryl methyl sites for hydroxylation is 1. The van der Waals surface area contributed by atoms with Gasteiger partial charge in [-0.3, -0.25) is 10.0 Å². The Morgan fingerprint density at radius 2 is 2.17 bits per heavy atom. The minimum atomic E-state index is -0.527. The van der Waals surface area contributed by atoms with Gasteiger partial charge in [0.2, 0.25) is 0 Å². The van der Waals surface area contributed by atoms with Crippen LogP contribution in [0.25, 0.3) is 17.0 Å². The number of hydroxylamine groups is 1. The molecule has 1 aliphatic rings. The van der Waals surface area contributed by atoms with Crippen molar-refractivity contribution in [2.45, 2.75) is 25.4 Å². The summed E-state index contributed by atoms with van der Waals surface area (Å²) in [5.74, 6) is 0.350. The maximum absolute atomic E-state index is 11.1. The predicted octanol–water partition coefficient (Wildman–Crippen LogP) is 3.45. The number of rotatable bonds is 7. The molecule has 0 fully saturated rings. The number of methoxy groups -OCH3 is 1. The van der Waals surface area contributed by atoms with Crippen LogP contribution in [-0.2, 0) is 17.8 Å². The van der Waals surface area contributed by atoms with Crippen LogP contribution >= 0.6 is 0 Å². The average molecular weight is 391 g/mol. The van der Waals surface area contributed by atoms with Crippen molar-refractivity contribution in [1.82, 2.24) is 15.4 Å². The average Bonchev–Trinajstić information content (AvgIpc) is 3.35. The highest BCUT2D eigenvalue weighted by molar-refractivity contribution is 5.90. The lowest BCUT2D eigenvalue weighted by Gasteiger charge is -2.15. The summed E-state index contributed by atoms with van der Waals surface area (Å²) in [6, 6.07) is 14.9. The number of ether oxygens (including phenoxy) is 1. The van der Waals surface area contributed by atoms with Crippen LogP contribution in [0.15, 0.2) is 54.7 Å². The number of fused-ring (bicyclic) bond motifs is 2. The molecule has 1 aliphatic carbocycles. The maximum atomic E-state index is 11.1. The SMILES string of the molecule is COc1ccc2c(ccn2CCNC2CCc3cc(/C=C/C(=O)NO)ccc32)c1. The van der Waals surface area contributed by atoms with Crippen molar-refractivity contribution in [3.8, 4) is 5.75 Å². The van der Waals surface area contributed by atoms with Gasteiger partial charge in [-0.25, -0.2) is 5.48 Å². The number of carbonyl (C=O) groups excluding carboxylic acids is 1. The molecule has 0 saturated carbocycles. The first kappa shape index (κ1) is 19.2. The minimum absolute atomic E-state index is 0.352. The molecule has 3 aromatic rings. The Kier molecular flexibility index (Phi) is 5.64. The van der Waals surface area contributed by atoms with E-state index in [9.17, 15) is 4.79 Å². The van der Waals surface area contributed by atoms with Gasteiger partial charge in [0.25, 0.3) is 5.91 Å². The van der Waals surface area contributed by atoms with Crippen LogP contribution in [0.2, 0.25) is 0 Å². The van der Waals surface area contributed by atoms with E-state index in [1.54, 1.807) is 18.7 Å². The van der Waals surface area contributed by atoms with Crippen molar-refractivity contribution < 1.29 is 14.7 Å². The Balaban J connectivity index is 1.37. The molecule has 1 heterocycles. The van der Waals surface area contributed by atoms with Gasteiger partial charge in [-0.2, -0.15) is 0 Å². The third-order valence-corrected chi connectivity index (χ3v) is 5.50. The third-order valence-electron chi connectivity index (χ3n) is 5.50. The van der Waals surface area contributed by atoms with Crippen LogP contribution in [-0.4, -0.2) is 29.3 Å². The van der Waals surface area contributed by atoms with E-state index < -0.39 is 5.91 Å². The zero-order chi connectivity index (χ0) is 20.2. The lowest BCUT2D eigenvalue weighted by Crippen LogP contribution is -2.23. The number of hydrogen-bond donors (Lipinski definition) is 3. The number of nitrogens with one attached hydrogen (secondary N) is 2. The molecular weight excluding hydrogens is 366 g/mol. The van der Waals surface area contributed by atoms with Gasteiger partial charge in [0.1, 0.15) is 5.75 Å². The summed E-state index contributed by atoms with van der Waals surface area (Å²) in [6.45, 7) is 1.79. The molecule has 6 nitrogen and oxygen atoms in total. The zero-order valence-electron chi connectivity index (χ0n) is 16.4. The number of nitrogens with zero attached hydrogens (tertiary/aromatic N) is 1. The van der Waals surface area contributed by atoms with E-state index in [0.717, 1.165) is 37.2 Å². The molecule has 0 radical (unpaired) electrons. The van der Waals surface area contributed by atoms with Crippen molar-refractivity contribution in [2.24, 2.45) is 0 Å². The highest BCUT2D eigenvalue weighted by atomic mass is 16.5. The molecular formula is C23H25N3O3. The summed E-state index contributed by atoms with van der Waals surface area (Å²) >= 11 is 0. The molecule has 29 heavy (non-hydrogen) atoms. The maximum Gasteiger partial charge on any atom is 0.267 e. The summed E-state index contributed by atoms with van der Waals surface area (Å²) in [4.78, 5) is 11.1. The van der Waals surface area contributed by atoms with Gasteiger partial charge < -0.3 is 14.6 Å². The van der Waals surface area contributed by atoms with E-state index in [2.05, 4.69) is 46.4 Å². The molecule has 1 unspecified atom stereocenters. The van der Waals surface area contributed by atoms with Gasteiger partial charge in [-0.1, -0.05) is 18.2 Å². The molecule has 1 aromatic heterocycles. The van der Waals surface area contributed by atoms with Crippen LogP contribution in [0, 0.1) is 0 Å². The summed E-state index contributed by atoms with van der Waals surface area (Å²) in [5.41, 5.74) is 6.42. The Bertz CT molecular complexity index is 1050. The van der Waals surface area contributed by atoms with Gasteiger partial charge in [0.15, 0.2) is 0 Å². The van der Waals surface area contributed by atoms with Crippen molar-refractivity contribution in [1.29, 1.82) is 0 Å². The topological polar surface area (TPSA) is 75.5 Å². The number of aromatic nitrogens is 1. The van der Waals surface area contributed by atoms with Crippen molar-refractivity contribution in [2.75, 3.05) is 13.7 Å². The third kappa shape index (κ3) is 4.18. The molecule has 1 atom stereocenters. The zero-order valence-corrected chi connectivity index (χ0v) is 16.4. The quantitative estimate of drug-likeness (QED) is 0.328. The minimum Gasteiger partial charge on any atom is -0.497 e. The van der Waals surface area contributed by atoms with Gasteiger partial charge in [0.05, 0.1) is 7.11 Å². The molecule has 150 valence electrons. The fourth-order valence-corrected chi connectivity index (χ4v) is 4.02. The monoisotopic (exact) mass is 391 g/mol. The van der Waals surface area contributed by atoms with Crippen molar-refractivity contribution in [3.05, 3.63) is 71.4 Å². The van der Waals surface area contributed by atoms with E-state index in [1.165, 1.54) is 28.1 Å². The summed E-state index contributed by atoms with van der Waals surface area (Å²) in [6.07, 6.45) is 7.24. The van der Waals surface area contributed by atoms with E-state index in [4.69, 9.17) is 9.94 Å². The smallest absolute Gasteiger partial charge is 0.267 e.